The summed E-state index contributed by atoms with van der Waals surface area (Å²) < 4.78 is 8.26. The number of benzene rings is 1. The molecule has 1 spiro atoms. The second kappa shape index (κ2) is 13.0. The topological polar surface area (TPSA) is 92.6 Å². The van der Waals surface area contributed by atoms with Crippen molar-refractivity contribution in [3.05, 3.63) is 93.1 Å². The molecule has 2 aromatic rings. The minimum atomic E-state index is -0.824. The number of ether oxygens (including phenoxy) is 1. The fourth-order valence-electron chi connectivity index (χ4n) is 6.63. The number of aromatic nitrogens is 1. The molecule has 1 saturated carbocycles. The SMILES string of the molecule is CCC1=CC2=C(OC3(CCC3)C[C@@H]2NC[C@@H](O)[C@H](Cc2ccccc2)NC(=O)c2ccc(=O)n(CC(C)C)c2)C(C)C1. The predicted molar refractivity (Wildman–Crippen MR) is 166 cm³/mol. The van der Waals surface area contributed by atoms with Crippen LogP contribution in [0.4, 0.5) is 0 Å². The number of aliphatic hydroxyl groups is 1. The van der Waals surface area contributed by atoms with Crippen LogP contribution in [0.3, 0.4) is 0 Å². The van der Waals surface area contributed by atoms with Crippen LogP contribution >= 0.6 is 0 Å². The molecular formula is C35H47N3O4. The Morgan fingerprint density at radius 1 is 1.17 bits per heavy atom. The Hall–Kier alpha value is -3.16. The zero-order valence-corrected chi connectivity index (χ0v) is 25.6. The molecule has 0 saturated heterocycles. The molecule has 1 amide bonds. The van der Waals surface area contributed by atoms with Crippen LogP contribution in [0.1, 0.15) is 82.1 Å². The zero-order valence-electron chi connectivity index (χ0n) is 25.6. The van der Waals surface area contributed by atoms with E-state index in [4.69, 9.17) is 4.74 Å². The van der Waals surface area contributed by atoms with Gasteiger partial charge >= 0.3 is 0 Å². The smallest absolute Gasteiger partial charge is 0.253 e. The lowest BCUT2D eigenvalue weighted by molar-refractivity contribution is -0.0944. The standard InChI is InChI=1S/C35H47N3O4/c1-5-25-16-24(4)33-28(17-25)30(19-35(42-33)14-9-15-35)36-20-31(39)29(18-26-10-7-6-8-11-26)37-34(41)27-12-13-32(40)38(22-27)21-23(2)3/h6-8,10-13,17,22-24,29-31,36,39H,5,9,14-16,18-21H2,1-4H3,(H,37,41)/t24?,29-,30-,31+/m0/s1. The van der Waals surface area contributed by atoms with Crippen LogP contribution in [0.25, 0.3) is 0 Å². The van der Waals surface area contributed by atoms with Gasteiger partial charge in [0.05, 0.1) is 17.7 Å². The highest BCUT2D eigenvalue weighted by atomic mass is 16.5. The fourth-order valence-corrected chi connectivity index (χ4v) is 6.63. The van der Waals surface area contributed by atoms with E-state index in [1.807, 2.05) is 44.2 Å². The van der Waals surface area contributed by atoms with Gasteiger partial charge in [-0.1, -0.05) is 69.7 Å². The minimum Gasteiger partial charge on any atom is -0.491 e. The number of hydrogen-bond donors (Lipinski definition) is 3. The summed E-state index contributed by atoms with van der Waals surface area (Å²) in [5.41, 5.74) is 3.89. The van der Waals surface area contributed by atoms with E-state index in [0.717, 1.165) is 43.4 Å². The molecule has 3 aliphatic rings. The number of nitrogens with zero attached hydrogens (tertiary/aromatic N) is 1. The van der Waals surface area contributed by atoms with E-state index in [1.54, 1.807) is 16.8 Å². The first-order valence-electron chi connectivity index (χ1n) is 15.8. The summed E-state index contributed by atoms with van der Waals surface area (Å²) in [4.78, 5) is 25.8. The lowest BCUT2D eigenvalue weighted by atomic mass is 9.70. The summed E-state index contributed by atoms with van der Waals surface area (Å²) in [5.74, 6) is 1.45. The van der Waals surface area contributed by atoms with Gasteiger partial charge in [0.1, 0.15) is 11.4 Å². The predicted octanol–water partition coefficient (Wildman–Crippen LogP) is 5.14. The summed E-state index contributed by atoms with van der Waals surface area (Å²) >= 11 is 0. The van der Waals surface area contributed by atoms with Gasteiger partial charge in [0, 0.05) is 49.3 Å². The first-order chi connectivity index (χ1) is 20.2. The lowest BCUT2D eigenvalue weighted by Crippen LogP contribution is -2.54. The number of carbonyl (C=O) groups is 1. The molecule has 7 nitrogen and oxygen atoms in total. The van der Waals surface area contributed by atoms with E-state index in [2.05, 4.69) is 30.6 Å². The Morgan fingerprint density at radius 3 is 2.60 bits per heavy atom. The second-order valence-electron chi connectivity index (χ2n) is 13.0. The third-order valence-electron chi connectivity index (χ3n) is 9.12. The van der Waals surface area contributed by atoms with Gasteiger partial charge in [-0.25, -0.2) is 0 Å². The third kappa shape index (κ3) is 6.90. The van der Waals surface area contributed by atoms with Gasteiger partial charge < -0.3 is 25.0 Å². The largest absolute Gasteiger partial charge is 0.491 e. The molecule has 4 atom stereocenters. The van der Waals surface area contributed by atoms with Crippen LogP contribution in [-0.4, -0.2) is 45.9 Å². The van der Waals surface area contributed by atoms with Gasteiger partial charge in [-0.3, -0.25) is 9.59 Å². The van der Waals surface area contributed by atoms with Gasteiger partial charge in [-0.05, 0) is 56.1 Å². The molecule has 226 valence electrons. The average molecular weight is 574 g/mol. The first kappa shape index (κ1) is 30.3. The second-order valence-corrected chi connectivity index (χ2v) is 13.0. The molecule has 5 rings (SSSR count). The number of carbonyl (C=O) groups excluding carboxylic acids is 1. The normalized spacial score (nSPS) is 22.6. The van der Waals surface area contributed by atoms with E-state index in [1.165, 1.54) is 23.6 Å². The molecule has 1 aromatic heterocycles. The Kier molecular flexibility index (Phi) is 9.38. The van der Waals surface area contributed by atoms with Gasteiger partial charge in [0.2, 0.25) is 0 Å². The fraction of sp³-hybridized carbons (Fsp3) is 0.543. The number of nitrogens with one attached hydrogen (secondary N) is 2. The maximum Gasteiger partial charge on any atom is 0.253 e. The molecule has 1 aromatic carbocycles. The van der Waals surface area contributed by atoms with Crippen molar-refractivity contribution in [2.45, 2.75) is 103 Å². The van der Waals surface area contributed by atoms with E-state index in [0.29, 0.717) is 31.0 Å². The van der Waals surface area contributed by atoms with E-state index in [9.17, 15) is 14.7 Å². The van der Waals surface area contributed by atoms with Gasteiger partial charge in [-0.15, -0.1) is 0 Å². The number of allylic oxidation sites excluding steroid dienone is 2. The molecule has 1 unspecified atom stereocenters. The Labute approximate surface area is 250 Å². The molecule has 1 fully saturated rings. The van der Waals surface area contributed by atoms with Crippen LogP contribution in [0.15, 0.2) is 76.4 Å². The molecule has 0 bridgehead atoms. The van der Waals surface area contributed by atoms with Crippen molar-refractivity contribution in [3.8, 4) is 0 Å². The van der Waals surface area contributed by atoms with Crippen LogP contribution in [0.2, 0.25) is 0 Å². The van der Waals surface area contributed by atoms with E-state index < -0.39 is 12.1 Å². The minimum absolute atomic E-state index is 0.0932. The quantitative estimate of drug-likeness (QED) is 0.346. The summed E-state index contributed by atoms with van der Waals surface area (Å²) in [6.07, 6.45) is 9.91. The maximum absolute atomic E-state index is 13.4. The molecule has 2 heterocycles. The number of amides is 1. The molecule has 1 aliphatic heterocycles. The Bertz CT molecular complexity index is 1370. The van der Waals surface area contributed by atoms with Crippen molar-refractivity contribution in [1.29, 1.82) is 0 Å². The monoisotopic (exact) mass is 573 g/mol. The van der Waals surface area contributed by atoms with Crippen molar-refractivity contribution >= 4 is 5.91 Å². The summed E-state index contributed by atoms with van der Waals surface area (Å²) in [7, 11) is 0. The van der Waals surface area contributed by atoms with Gasteiger partial charge in [0.25, 0.3) is 11.5 Å². The van der Waals surface area contributed by atoms with E-state index in [-0.39, 0.29) is 29.0 Å². The number of aliphatic hydroxyl groups excluding tert-OH is 1. The Balaban J connectivity index is 1.34. The van der Waals surface area contributed by atoms with Crippen molar-refractivity contribution in [2.75, 3.05) is 6.54 Å². The number of rotatable bonds is 11. The molecule has 42 heavy (non-hydrogen) atoms. The highest BCUT2D eigenvalue weighted by Crippen LogP contribution is 2.49. The number of pyridine rings is 1. The van der Waals surface area contributed by atoms with Crippen LogP contribution < -0.4 is 16.2 Å². The molecule has 3 N–H and O–H groups in total. The van der Waals surface area contributed by atoms with Crippen molar-refractivity contribution < 1.29 is 14.6 Å². The summed E-state index contributed by atoms with van der Waals surface area (Å²) in [5, 5.41) is 18.4. The lowest BCUT2D eigenvalue weighted by Gasteiger charge is -2.50. The molecule has 0 radical (unpaired) electrons. The van der Waals surface area contributed by atoms with Crippen LogP contribution in [0, 0.1) is 11.8 Å². The molecule has 2 aliphatic carbocycles. The molecule has 7 heteroatoms. The summed E-state index contributed by atoms with van der Waals surface area (Å²) in [6, 6.07) is 12.5. The van der Waals surface area contributed by atoms with Crippen LogP contribution in [-0.2, 0) is 17.7 Å². The number of hydrogen-bond acceptors (Lipinski definition) is 5. The van der Waals surface area contributed by atoms with Gasteiger partial charge in [-0.2, -0.15) is 0 Å². The highest BCUT2D eigenvalue weighted by molar-refractivity contribution is 5.94. The van der Waals surface area contributed by atoms with Crippen molar-refractivity contribution in [2.24, 2.45) is 11.8 Å². The van der Waals surface area contributed by atoms with E-state index >= 15 is 0 Å². The average Bonchev–Trinajstić information content (AvgIpc) is 2.95. The van der Waals surface area contributed by atoms with Crippen LogP contribution in [0.5, 0.6) is 0 Å². The highest BCUT2D eigenvalue weighted by Gasteiger charge is 2.47. The third-order valence-corrected chi connectivity index (χ3v) is 9.12. The zero-order chi connectivity index (χ0) is 29.9. The maximum atomic E-state index is 13.4. The first-order valence-corrected chi connectivity index (χ1v) is 15.8. The van der Waals surface area contributed by atoms with Crippen molar-refractivity contribution in [1.82, 2.24) is 15.2 Å². The molecular weight excluding hydrogens is 526 g/mol. The summed E-state index contributed by atoms with van der Waals surface area (Å²) in [6.45, 7) is 9.42. The van der Waals surface area contributed by atoms with Gasteiger partial charge in [0.15, 0.2) is 0 Å². The van der Waals surface area contributed by atoms with Crippen molar-refractivity contribution in [3.63, 3.8) is 0 Å². The Morgan fingerprint density at radius 2 is 1.93 bits per heavy atom.